The van der Waals surface area contributed by atoms with Gasteiger partial charge in [0.25, 0.3) is 0 Å². The Morgan fingerprint density at radius 3 is 2.32 bits per heavy atom. The third kappa shape index (κ3) is 6.36. The number of hydrogen-bond donors (Lipinski definition) is 2. The highest BCUT2D eigenvalue weighted by Gasteiger charge is 2.35. The van der Waals surface area contributed by atoms with Crippen molar-refractivity contribution in [3.05, 3.63) is 0 Å². The highest BCUT2D eigenvalue weighted by atomic mass is 16.4. The van der Waals surface area contributed by atoms with Crippen LogP contribution in [0, 0.1) is 0 Å². The second kappa shape index (κ2) is 8.51. The Labute approximate surface area is 118 Å². The van der Waals surface area contributed by atoms with E-state index in [2.05, 4.69) is 29.0 Å². The van der Waals surface area contributed by atoms with Crippen molar-refractivity contribution >= 4 is 5.97 Å². The monoisotopic (exact) mass is 273 g/mol. The van der Waals surface area contributed by atoms with E-state index in [1.165, 1.54) is 0 Å². The van der Waals surface area contributed by atoms with Crippen molar-refractivity contribution in [2.75, 3.05) is 40.3 Å². The zero-order valence-corrected chi connectivity index (χ0v) is 13.4. The fraction of sp³-hybridized carbons (Fsp3) is 0.929. The Kier molecular flexibility index (Phi) is 8.22. The molecule has 0 aliphatic carbocycles. The molecule has 0 fully saturated rings. The number of carbonyl (C=O) groups is 1. The predicted molar refractivity (Wildman–Crippen MR) is 79.6 cm³/mol. The molecular formula is C14H31N3O2. The topological polar surface area (TPSA) is 55.8 Å². The van der Waals surface area contributed by atoms with E-state index in [1.807, 2.05) is 21.0 Å². The predicted octanol–water partition coefficient (Wildman–Crippen LogP) is 1.10. The number of aliphatic carboxylic acids is 1. The van der Waals surface area contributed by atoms with Crippen LogP contribution in [0.2, 0.25) is 0 Å². The van der Waals surface area contributed by atoms with E-state index < -0.39 is 11.5 Å². The summed E-state index contributed by atoms with van der Waals surface area (Å²) in [5.41, 5.74) is -0.882. The molecule has 0 bridgehead atoms. The van der Waals surface area contributed by atoms with Crippen LogP contribution >= 0.6 is 0 Å². The molecule has 0 amide bonds. The van der Waals surface area contributed by atoms with Gasteiger partial charge in [0.05, 0.1) is 0 Å². The maximum absolute atomic E-state index is 11.5. The zero-order chi connectivity index (χ0) is 15.1. The molecule has 19 heavy (non-hydrogen) atoms. The van der Waals surface area contributed by atoms with Crippen molar-refractivity contribution in [2.24, 2.45) is 0 Å². The van der Waals surface area contributed by atoms with Gasteiger partial charge in [0, 0.05) is 19.1 Å². The first-order valence-electron chi connectivity index (χ1n) is 7.14. The van der Waals surface area contributed by atoms with Gasteiger partial charge in [-0.25, -0.2) is 0 Å². The summed E-state index contributed by atoms with van der Waals surface area (Å²) in [6.07, 6.45) is 0.933. The first-order chi connectivity index (χ1) is 8.76. The number of carboxylic acid groups (broad SMARTS) is 1. The van der Waals surface area contributed by atoms with E-state index in [4.69, 9.17) is 0 Å². The van der Waals surface area contributed by atoms with Crippen LogP contribution in [0.25, 0.3) is 0 Å². The molecule has 0 radical (unpaired) electrons. The van der Waals surface area contributed by atoms with Crippen LogP contribution in [0.15, 0.2) is 0 Å². The minimum absolute atomic E-state index is 0.335. The van der Waals surface area contributed by atoms with E-state index in [-0.39, 0.29) is 0 Å². The molecule has 0 aromatic carbocycles. The molecule has 0 heterocycles. The molecule has 0 aromatic rings. The standard InChI is InChI=1S/C14H31N3O2/c1-7-9-15-14(4,13(18)19)11-17(8-2)12(3)10-16(5)6/h12,15H,7-11H2,1-6H3,(H,18,19). The Morgan fingerprint density at radius 1 is 1.37 bits per heavy atom. The van der Waals surface area contributed by atoms with Crippen LogP contribution in [-0.4, -0.2) is 72.7 Å². The molecule has 5 nitrogen and oxygen atoms in total. The third-order valence-electron chi connectivity index (χ3n) is 3.42. The lowest BCUT2D eigenvalue weighted by molar-refractivity contribution is -0.145. The Morgan fingerprint density at radius 2 is 1.95 bits per heavy atom. The van der Waals surface area contributed by atoms with E-state index in [0.717, 1.165) is 26.1 Å². The Hall–Kier alpha value is -0.650. The van der Waals surface area contributed by atoms with Crippen LogP contribution in [0.1, 0.15) is 34.1 Å². The van der Waals surface area contributed by atoms with Gasteiger partial charge in [0.2, 0.25) is 0 Å². The van der Waals surface area contributed by atoms with Gasteiger partial charge < -0.3 is 15.3 Å². The summed E-state index contributed by atoms with van der Waals surface area (Å²) in [7, 11) is 4.08. The van der Waals surface area contributed by atoms with E-state index in [1.54, 1.807) is 6.92 Å². The fourth-order valence-corrected chi connectivity index (χ4v) is 2.23. The second-order valence-corrected chi connectivity index (χ2v) is 5.74. The SMILES string of the molecule is CCCNC(C)(CN(CC)C(C)CN(C)C)C(=O)O. The summed E-state index contributed by atoms with van der Waals surface area (Å²) in [4.78, 5) is 15.9. The quantitative estimate of drug-likeness (QED) is 0.624. The molecule has 0 saturated heterocycles. The first-order valence-corrected chi connectivity index (χ1v) is 7.14. The van der Waals surface area contributed by atoms with Gasteiger partial charge in [0.15, 0.2) is 0 Å². The molecule has 0 aromatic heterocycles. The van der Waals surface area contributed by atoms with Gasteiger partial charge in [-0.1, -0.05) is 13.8 Å². The number of rotatable bonds is 10. The van der Waals surface area contributed by atoms with Gasteiger partial charge in [-0.15, -0.1) is 0 Å². The van der Waals surface area contributed by atoms with Crippen LogP contribution in [0.5, 0.6) is 0 Å². The number of nitrogens with zero attached hydrogens (tertiary/aromatic N) is 2. The van der Waals surface area contributed by atoms with Crippen LogP contribution in [0.4, 0.5) is 0 Å². The van der Waals surface area contributed by atoms with E-state index in [0.29, 0.717) is 12.6 Å². The lowest BCUT2D eigenvalue weighted by atomic mass is 10.0. The molecule has 5 heteroatoms. The van der Waals surface area contributed by atoms with Gasteiger partial charge >= 0.3 is 5.97 Å². The van der Waals surface area contributed by atoms with Crippen molar-refractivity contribution in [2.45, 2.75) is 45.7 Å². The summed E-state index contributed by atoms with van der Waals surface area (Å²) < 4.78 is 0. The van der Waals surface area contributed by atoms with E-state index >= 15 is 0 Å². The third-order valence-corrected chi connectivity index (χ3v) is 3.42. The molecule has 2 N–H and O–H groups in total. The maximum Gasteiger partial charge on any atom is 0.324 e. The number of nitrogens with one attached hydrogen (secondary N) is 1. The molecule has 0 aliphatic rings. The van der Waals surface area contributed by atoms with Crippen molar-refractivity contribution in [1.29, 1.82) is 0 Å². The molecule has 0 rings (SSSR count). The van der Waals surface area contributed by atoms with Gasteiger partial charge in [-0.3, -0.25) is 9.69 Å². The average molecular weight is 273 g/mol. The lowest BCUT2D eigenvalue weighted by Gasteiger charge is -2.37. The summed E-state index contributed by atoms with van der Waals surface area (Å²) in [5, 5.41) is 12.6. The minimum Gasteiger partial charge on any atom is -0.480 e. The van der Waals surface area contributed by atoms with Gasteiger partial charge in [0.1, 0.15) is 5.54 Å². The molecular weight excluding hydrogens is 242 g/mol. The van der Waals surface area contributed by atoms with Crippen molar-refractivity contribution < 1.29 is 9.90 Å². The number of hydrogen-bond acceptors (Lipinski definition) is 4. The van der Waals surface area contributed by atoms with Crippen LogP contribution in [-0.2, 0) is 4.79 Å². The van der Waals surface area contributed by atoms with Crippen molar-refractivity contribution in [3.63, 3.8) is 0 Å². The van der Waals surface area contributed by atoms with E-state index in [9.17, 15) is 9.90 Å². The molecule has 0 spiro atoms. The largest absolute Gasteiger partial charge is 0.480 e. The number of carboxylic acids is 1. The normalized spacial score (nSPS) is 16.6. The minimum atomic E-state index is -0.882. The van der Waals surface area contributed by atoms with Crippen molar-refractivity contribution in [3.8, 4) is 0 Å². The molecule has 114 valence electrons. The Balaban J connectivity index is 4.73. The summed E-state index contributed by atoms with van der Waals surface area (Å²) in [5.74, 6) is -0.781. The lowest BCUT2D eigenvalue weighted by Crippen LogP contribution is -2.59. The smallest absolute Gasteiger partial charge is 0.324 e. The first kappa shape index (κ1) is 18.4. The molecule has 2 atom stereocenters. The maximum atomic E-state index is 11.5. The highest BCUT2D eigenvalue weighted by Crippen LogP contribution is 2.11. The second-order valence-electron chi connectivity index (χ2n) is 5.74. The highest BCUT2D eigenvalue weighted by molar-refractivity contribution is 5.78. The Bertz CT molecular complexity index is 271. The molecule has 2 unspecified atom stereocenters. The summed E-state index contributed by atoms with van der Waals surface area (Å²) in [6, 6.07) is 0.335. The number of likely N-dealkylation sites (N-methyl/N-ethyl adjacent to an activating group) is 2. The van der Waals surface area contributed by atoms with Crippen molar-refractivity contribution in [1.82, 2.24) is 15.1 Å². The summed E-state index contributed by atoms with van der Waals surface area (Å²) in [6.45, 7) is 11.1. The fourth-order valence-electron chi connectivity index (χ4n) is 2.23. The summed E-state index contributed by atoms with van der Waals surface area (Å²) >= 11 is 0. The molecule has 0 aliphatic heterocycles. The van der Waals surface area contributed by atoms with Crippen LogP contribution < -0.4 is 5.32 Å². The zero-order valence-electron chi connectivity index (χ0n) is 13.4. The van der Waals surface area contributed by atoms with Gasteiger partial charge in [-0.05, 0) is 47.5 Å². The van der Waals surface area contributed by atoms with Gasteiger partial charge in [-0.2, -0.15) is 0 Å². The van der Waals surface area contributed by atoms with Crippen LogP contribution in [0.3, 0.4) is 0 Å². The molecule has 0 saturated carbocycles. The average Bonchev–Trinajstić information content (AvgIpc) is 2.32.